The van der Waals surface area contributed by atoms with Crippen LogP contribution in [0.5, 0.6) is 5.75 Å². The van der Waals surface area contributed by atoms with E-state index in [0.717, 1.165) is 21.7 Å². The van der Waals surface area contributed by atoms with Gasteiger partial charge in [0.1, 0.15) is 10.6 Å². The number of benzene rings is 1. The van der Waals surface area contributed by atoms with Crippen molar-refractivity contribution >= 4 is 50.6 Å². The number of carbonyl (C=O) groups excluding carboxylic acids is 1. The molecule has 4 rings (SSSR count). The van der Waals surface area contributed by atoms with Crippen LogP contribution in [0.4, 0.5) is 0 Å². The highest BCUT2D eigenvalue weighted by Gasteiger charge is 2.20. The predicted octanol–water partition coefficient (Wildman–Crippen LogP) is 5.36. The van der Waals surface area contributed by atoms with Crippen molar-refractivity contribution in [3.8, 4) is 11.4 Å². The van der Waals surface area contributed by atoms with E-state index in [2.05, 4.69) is 12.2 Å². The lowest BCUT2D eigenvalue weighted by Crippen LogP contribution is -2.28. The van der Waals surface area contributed by atoms with Gasteiger partial charge >= 0.3 is 0 Å². The van der Waals surface area contributed by atoms with Crippen molar-refractivity contribution in [3.63, 3.8) is 0 Å². The number of hydrogen-bond acceptors (Lipinski definition) is 7. The third-order valence-electron chi connectivity index (χ3n) is 5.34. The molecule has 172 valence electrons. The minimum absolute atomic E-state index is 0.0684. The summed E-state index contributed by atoms with van der Waals surface area (Å²) in [5.74, 6) is 0.695. The average Bonchev–Trinajstić information content (AvgIpc) is 3.46. The van der Waals surface area contributed by atoms with E-state index in [4.69, 9.17) is 9.72 Å². The van der Waals surface area contributed by atoms with Crippen molar-refractivity contribution in [2.24, 2.45) is 0 Å². The fourth-order valence-electron chi connectivity index (χ4n) is 3.64. The monoisotopic (exact) mass is 499 g/mol. The molecule has 0 saturated carbocycles. The lowest BCUT2D eigenvalue weighted by atomic mass is 10.2. The summed E-state index contributed by atoms with van der Waals surface area (Å²) in [5.41, 5.74) is 1.51. The van der Waals surface area contributed by atoms with Gasteiger partial charge in [-0.25, -0.2) is 4.98 Å². The second-order valence-electron chi connectivity index (χ2n) is 7.51. The normalized spacial score (nSPS) is 12.1. The first-order chi connectivity index (χ1) is 15.9. The molecule has 6 nitrogen and oxygen atoms in total. The maximum Gasteiger partial charge on any atom is 0.267 e. The van der Waals surface area contributed by atoms with Crippen LogP contribution in [0.1, 0.15) is 35.2 Å². The van der Waals surface area contributed by atoms with Gasteiger partial charge in [0.15, 0.2) is 5.16 Å². The quantitative estimate of drug-likeness (QED) is 0.261. The van der Waals surface area contributed by atoms with Crippen LogP contribution in [0, 0.1) is 6.92 Å². The van der Waals surface area contributed by atoms with Gasteiger partial charge in [0.05, 0.1) is 30.0 Å². The van der Waals surface area contributed by atoms with Crippen molar-refractivity contribution in [1.82, 2.24) is 14.9 Å². The van der Waals surface area contributed by atoms with Gasteiger partial charge < -0.3 is 10.1 Å². The number of carbonyl (C=O) groups is 1. The number of hydrogen-bond donors (Lipinski definition) is 1. The number of ether oxygens (including phenoxy) is 1. The van der Waals surface area contributed by atoms with Crippen LogP contribution in [0.3, 0.4) is 0 Å². The molecule has 0 bridgehead atoms. The molecule has 1 unspecified atom stereocenters. The molecule has 0 aliphatic carbocycles. The molecule has 0 fully saturated rings. The topological polar surface area (TPSA) is 73.2 Å². The van der Waals surface area contributed by atoms with Crippen LogP contribution in [0.25, 0.3) is 15.9 Å². The maximum absolute atomic E-state index is 13.7. The average molecular weight is 500 g/mol. The molecule has 1 aromatic carbocycles. The highest BCUT2D eigenvalue weighted by molar-refractivity contribution is 7.99. The Morgan fingerprint density at radius 1 is 1.30 bits per heavy atom. The summed E-state index contributed by atoms with van der Waals surface area (Å²) in [5, 5.41) is 6.14. The van der Waals surface area contributed by atoms with Gasteiger partial charge in [0, 0.05) is 15.8 Å². The lowest BCUT2D eigenvalue weighted by Gasteiger charge is -2.14. The Bertz CT molecular complexity index is 1340. The highest BCUT2D eigenvalue weighted by atomic mass is 32.2. The first-order valence-corrected chi connectivity index (χ1v) is 13.3. The molecule has 3 aromatic heterocycles. The minimum atomic E-state index is -0.128. The first kappa shape index (κ1) is 23.5. The van der Waals surface area contributed by atoms with Crippen LogP contribution in [-0.2, 0) is 11.2 Å². The Kier molecular flexibility index (Phi) is 7.21. The van der Waals surface area contributed by atoms with Gasteiger partial charge in [0.2, 0.25) is 5.91 Å². The number of fused-ring (bicyclic) bond motifs is 1. The Labute approximate surface area is 204 Å². The van der Waals surface area contributed by atoms with Crippen LogP contribution in [0.15, 0.2) is 51.7 Å². The molecule has 0 aliphatic rings. The molecule has 0 spiro atoms. The molecule has 0 radical (unpaired) electrons. The molecule has 4 aromatic rings. The summed E-state index contributed by atoms with van der Waals surface area (Å²) in [7, 11) is 1.59. The van der Waals surface area contributed by atoms with Crippen LogP contribution in [0.2, 0.25) is 0 Å². The molecular formula is C24H25N3O3S3. The van der Waals surface area contributed by atoms with E-state index in [0.29, 0.717) is 26.8 Å². The second-order valence-corrected chi connectivity index (χ2v) is 10.5. The molecule has 0 saturated heterocycles. The number of nitrogens with one attached hydrogen (secondary N) is 1. The van der Waals surface area contributed by atoms with E-state index in [1.54, 1.807) is 40.4 Å². The second kappa shape index (κ2) is 10.1. The van der Waals surface area contributed by atoms with Gasteiger partial charge in [-0.15, -0.1) is 22.7 Å². The standard InChI is InChI=1S/C24H25N3O3S3/c1-5-18-14(2)21-22(33-18)26-24(27(23(21)29)16-8-6-9-17(12-16)30-4)32-13-20(28)25-15(3)19-10-7-11-31-19/h6-12,15H,5,13H2,1-4H3,(H,25,28). The third kappa shape index (κ3) is 4.85. The summed E-state index contributed by atoms with van der Waals surface area (Å²) in [6, 6.07) is 11.2. The van der Waals surface area contributed by atoms with Gasteiger partial charge in [-0.05, 0) is 49.4 Å². The number of nitrogens with zero attached hydrogens (tertiary/aromatic N) is 2. The van der Waals surface area contributed by atoms with Gasteiger partial charge in [-0.2, -0.15) is 0 Å². The lowest BCUT2D eigenvalue weighted by molar-refractivity contribution is -0.119. The zero-order valence-corrected chi connectivity index (χ0v) is 21.3. The molecule has 0 aliphatic heterocycles. The largest absolute Gasteiger partial charge is 0.497 e. The summed E-state index contributed by atoms with van der Waals surface area (Å²) >= 11 is 4.42. The Morgan fingerprint density at radius 3 is 2.82 bits per heavy atom. The molecule has 3 heterocycles. The number of amides is 1. The summed E-state index contributed by atoms with van der Waals surface area (Å²) in [6.07, 6.45) is 0.844. The SMILES string of the molecule is CCc1sc2nc(SCC(=O)NC(C)c3cccs3)n(-c3cccc(OC)c3)c(=O)c2c1C. The summed E-state index contributed by atoms with van der Waals surface area (Å²) in [6.45, 7) is 6.02. The van der Waals surface area contributed by atoms with Crippen molar-refractivity contribution in [3.05, 3.63) is 67.4 Å². The first-order valence-electron chi connectivity index (χ1n) is 10.6. The number of aromatic nitrogens is 2. The number of thioether (sulfide) groups is 1. The summed E-state index contributed by atoms with van der Waals surface area (Å²) in [4.78, 5) is 34.1. The predicted molar refractivity (Wildman–Crippen MR) is 137 cm³/mol. The molecule has 1 N–H and O–H groups in total. The number of rotatable bonds is 8. The van der Waals surface area contributed by atoms with Crippen molar-refractivity contribution < 1.29 is 9.53 Å². The smallest absolute Gasteiger partial charge is 0.267 e. The van der Waals surface area contributed by atoms with Crippen LogP contribution >= 0.6 is 34.4 Å². The van der Waals surface area contributed by atoms with E-state index in [-0.39, 0.29) is 23.3 Å². The minimum Gasteiger partial charge on any atom is -0.497 e. The highest BCUT2D eigenvalue weighted by Crippen LogP contribution is 2.31. The van der Waals surface area contributed by atoms with Crippen molar-refractivity contribution in [2.45, 2.75) is 38.4 Å². The number of thiophene rings is 2. The molecule has 1 atom stereocenters. The summed E-state index contributed by atoms with van der Waals surface area (Å²) < 4.78 is 6.95. The van der Waals surface area contributed by atoms with Crippen molar-refractivity contribution in [1.29, 1.82) is 0 Å². The van der Waals surface area contributed by atoms with E-state index in [9.17, 15) is 9.59 Å². The van der Waals surface area contributed by atoms with E-state index in [1.165, 1.54) is 11.8 Å². The molecular weight excluding hydrogens is 474 g/mol. The van der Waals surface area contributed by atoms with Crippen LogP contribution < -0.4 is 15.6 Å². The molecule has 9 heteroatoms. The fraction of sp³-hybridized carbons (Fsp3) is 0.292. The zero-order chi connectivity index (χ0) is 23.5. The van der Waals surface area contributed by atoms with E-state index >= 15 is 0 Å². The Morgan fingerprint density at radius 2 is 2.12 bits per heavy atom. The van der Waals surface area contributed by atoms with E-state index in [1.807, 2.05) is 49.6 Å². The van der Waals surface area contributed by atoms with E-state index < -0.39 is 0 Å². The van der Waals surface area contributed by atoms with Crippen LogP contribution in [-0.4, -0.2) is 28.3 Å². The number of aryl methyl sites for hydroxylation is 2. The molecule has 33 heavy (non-hydrogen) atoms. The van der Waals surface area contributed by atoms with Gasteiger partial charge in [-0.1, -0.05) is 30.8 Å². The maximum atomic E-state index is 13.7. The number of methoxy groups -OCH3 is 1. The molecule has 1 amide bonds. The zero-order valence-electron chi connectivity index (χ0n) is 18.9. The Balaban J connectivity index is 1.71. The van der Waals surface area contributed by atoms with Gasteiger partial charge in [-0.3, -0.25) is 14.2 Å². The fourth-order valence-corrected chi connectivity index (χ4v) is 6.36. The van der Waals surface area contributed by atoms with Gasteiger partial charge in [0.25, 0.3) is 5.56 Å². The third-order valence-corrected chi connectivity index (χ3v) is 8.67. The Hall–Kier alpha value is -2.62. The van der Waals surface area contributed by atoms with Crippen molar-refractivity contribution in [2.75, 3.05) is 12.9 Å².